The van der Waals surface area contributed by atoms with E-state index in [0.717, 1.165) is 21.8 Å². The minimum absolute atomic E-state index is 0.220. The Bertz CT molecular complexity index is 1150. The van der Waals surface area contributed by atoms with Crippen LogP contribution in [-0.2, 0) is 0 Å². The lowest BCUT2D eigenvalue weighted by molar-refractivity contribution is 0.102. The molecule has 2 N–H and O–H groups in total. The van der Waals surface area contributed by atoms with E-state index in [2.05, 4.69) is 15.3 Å². The molecular weight excluding hydrogens is 330 g/mol. The number of benzene rings is 2. The first-order chi connectivity index (χ1) is 12.8. The highest BCUT2D eigenvalue weighted by Gasteiger charge is 2.15. The molecule has 0 aliphatic carbocycles. The molecule has 0 saturated carbocycles. The summed E-state index contributed by atoms with van der Waals surface area (Å²) in [5.41, 5.74) is 2.84. The van der Waals surface area contributed by atoms with Crippen LogP contribution in [0.2, 0.25) is 0 Å². The Hall–Kier alpha value is -3.54. The molecule has 26 heavy (non-hydrogen) atoms. The summed E-state index contributed by atoms with van der Waals surface area (Å²) in [6, 6.07) is 15.1. The monoisotopic (exact) mass is 345 g/mol. The number of H-pyrrole nitrogens is 1. The van der Waals surface area contributed by atoms with Gasteiger partial charge in [0.1, 0.15) is 18.9 Å². The Morgan fingerprint density at radius 1 is 1.00 bits per heavy atom. The average molecular weight is 345 g/mol. The van der Waals surface area contributed by atoms with Gasteiger partial charge in [0, 0.05) is 28.7 Å². The lowest BCUT2D eigenvalue weighted by Crippen LogP contribution is -2.16. The molecule has 0 atom stereocenters. The fraction of sp³-hybridized carbons (Fsp3) is 0.100. The van der Waals surface area contributed by atoms with Crippen molar-refractivity contribution in [1.82, 2.24) is 9.97 Å². The lowest BCUT2D eigenvalue weighted by Gasteiger charge is -2.18. The highest BCUT2D eigenvalue weighted by molar-refractivity contribution is 6.10. The number of rotatable bonds is 2. The zero-order valence-electron chi connectivity index (χ0n) is 13.8. The maximum absolute atomic E-state index is 12.7. The summed E-state index contributed by atoms with van der Waals surface area (Å²) in [4.78, 5) is 20.3. The molecule has 2 aromatic heterocycles. The van der Waals surface area contributed by atoms with Crippen LogP contribution in [0.1, 0.15) is 10.5 Å². The van der Waals surface area contributed by atoms with Crippen LogP contribution in [0.5, 0.6) is 11.5 Å². The smallest absolute Gasteiger partial charge is 0.272 e. The second kappa shape index (κ2) is 5.77. The van der Waals surface area contributed by atoms with Gasteiger partial charge in [-0.1, -0.05) is 18.2 Å². The highest BCUT2D eigenvalue weighted by atomic mass is 16.6. The summed E-state index contributed by atoms with van der Waals surface area (Å²) in [7, 11) is 0. The van der Waals surface area contributed by atoms with Gasteiger partial charge in [0.05, 0.1) is 11.0 Å². The van der Waals surface area contributed by atoms with Crippen LogP contribution in [0.25, 0.3) is 21.8 Å². The summed E-state index contributed by atoms with van der Waals surface area (Å²) in [6.45, 7) is 1.04. The van der Waals surface area contributed by atoms with Crippen LogP contribution in [0.4, 0.5) is 5.69 Å². The van der Waals surface area contributed by atoms with Gasteiger partial charge in [-0.3, -0.25) is 9.78 Å². The number of ether oxygens (including phenoxy) is 2. The standard InChI is InChI=1S/C20H15N3O3/c24-20(22-14-5-6-16-17(11-14)26-9-8-25-16)15-10-13-4-3-12-2-1-7-21-18(12)19(13)23-15/h1-7,10-11,23H,8-9H2,(H,22,24). The lowest BCUT2D eigenvalue weighted by atomic mass is 10.1. The molecule has 5 rings (SSSR count). The average Bonchev–Trinajstić information content (AvgIpc) is 3.13. The normalized spacial score (nSPS) is 13.1. The van der Waals surface area contributed by atoms with Crippen molar-refractivity contribution in [2.75, 3.05) is 18.5 Å². The van der Waals surface area contributed by atoms with E-state index in [-0.39, 0.29) is 5.91 Å². The van der Waals surface area contributed by atoms with Gasteiger partial charge in [-0.25, -0.2) is 0 Å². The molecule has 2 aromatic carbocycles. The Morgan fingerprint density at radius 3 is 2.77 bits per heavy atom. The zero-order valence-corrected chi connectivity index (χ0v) is 13.8. The second-order valence-corrected chi connectivity index (χ2v) is 6.10. The first kappa shape index (κ1) is 14.8. The van der Waals surface area contributed by atoms with Gasteiger partial charge >= 0.3 is 0 Å². The molecule has 0 saturated heterocycles. The van der Waals surface area contributed by atoms with Crippen LogP contribution in [0.15, 0.2) is 54.7 Å². The van der Waals surface area contributed by atoms with Crippen molar-refractivity contribution in [3.63, 3.8) is 0 Å². The molecule has 0 unspecified atom stereocenters. The number of aromatic amines is 1. The first-order valence-electron chi connectivity index (χ1n) is 8.35. The van der Waals surface area contributed by atoms with Gasteiger partial charge in [0.25, 0.3) is 5.91 Å². The van der Waals surface area contributed by atoms with Crippen molar-refractivity contribution < 1.29 is 14.3 Å². The number of hydrogen-bond donors (Lipinski definition) is 2. The number of hydrogen-bond acceptors (Lipinski definition) is 4. The molecular formula is C20H15N3O3. The Labute approximate surface area is 148 Å². The van der Waals surface area contributed by atoms with Crippen LogP contribution in [0.3, 0.4) is 0 Å². The topological polar surface area (TPSA) is 76.2 Å². The predicted octanol–water partition coefficient (Wildman–Crippen LogP) is 3.74. The fourth-order valence-electron chi connectivity index (χ4n) is 3.18. The number of fused-ring (bicyclic) bond motifs is 4. The van der Waals surface area contributed by atoms with Crippen molar-refractivity contribution in [2.24, 2.45) is 0 Å². The molecule has 1 amide bonds. The van der Waals surface area contributed by atoms with Gasteiger partial charge in [-0.2, -0.15) is 0 Å². The molecule has 0 fully saturated rings. The van der Waals surface area contributed by atoms with Crippen molar-refractivity contribution in [1.29, 1.82) is 0 Å². The van der Waals surface area contributed by atoms with E-state index in [9.17, 15) is 4.79 Å². The van der Waals surface area contributed by atoms with Crippen molar-refractivity contribution in [2.45, 2.75) is 0 Å². The summed E-state index contributed by atoms with van der Waals surface area (Å²) >= 11 is 0. The molecule has 6 nitrogen and oxygen atoms in total. The predicted molar refractivity (Wildman–Crippen MR) is 99.0 cm³/mol. The number of nitrogens with zero attached hydrogens (tertiary/aromatic N) is 1. The number of carbonyl (C=O) groups excluding carboxylic acids is 1. The number of aromatic nitrogens is 2. The second-order valence-electron chi connectivity index (χ2n) is 6.10. The largest absolute Gasteiger partial charge is 0.486 e. The third kappa shape index (κ3) is 2.43. The Morgan fingerprint density at radius 2 is 1.85 bits per heavy atom. The number of nitrogens with one attached hydrogen (secondary N) is 2. The summed E-state index contributed by atoms with van der Waals surface area (Å²) < 4.78 is 11.1. The maximum atomic E-state index is 12.7. The van der Waals surface area contributed by atoms with E-state index in [1.807, 2.05) is 30.3 Å². The first-order valence-corrected chi connectivity index (χ1v) is 8.35. The maximum Gasteiger partial charge on any atom is 0.272 e. The number of carbonyl (C=O) groups is 1. The highest BCUT2D eigenvalue weighted by Crippen LogP contribution is 2.33. The van der Waals surface area contributed by atoms with Crippen LogP contribution in [-0.4, -0.2) is 29.1 Å². The van der Waals surface area contributed by atoms with Crippen LogP contribution < -0.4 is 14.8 Å². The molecule has 4 aromatic rings. The van der Waals surface area contributed by atoms with Crippen molar-refractivity contribution >= 4 is 33.4 Å². The van der Waals surface area contributed by atoms with Crippen molar-refractivity contribution in [3.8, 4) is 11.5 Å². The molecule has 0 spiro atoms. The van der Waals surface area contributed by atoms with E-state index in [4.69, 9.17) is 9.47 Å². The summed E-state index contributed by atoms with van der Waals surface area (Å²) in [5, 5.41) is 4.87. The summed E-state index contributed by atoms with van der Waals surface area (Å²) in [5.74, 6) is 1.11. The van der Waals surface area contributed by atoms with Gasteiger partial charge in [-0.05, 0) is 24.3 Å². The Kier molecular flexibility index (Phi) is 3.28. The van der Waals surface area contributed by atoms with Gasteiger partial charge in [0.15, 0.2) is 11.5 Å². The molecule has 0 radical (unpaired) electrons. The van der Waals surface area contributed by atoms with Crippen LogP contribution >= 0.6 is 0 Å². The van der Waals surface area contributed by atoms with Crippen molar-refractivity contribution in [3.05, 3.63) is 60.4 Å². The van der Waals surface area contributed by atoms with E-state index in [1.54, 1.807) is 24.4 Å². The van der Waals surface area contributed by atoms with Gasteiger partial charge < -0.3 is 19.8 Å². The van der Waals surface area contributed by atoms with E-state index >= 15 is 0 Å². The minimum atomic E-state index is -0.220. The van der Waals surface area contributed by atoms with Gasteiger partial charge in [0.2, 0.25) is 0 Å². The molecule has 6 heteroatoms. The SMILES string of the molecule is O=C(Nc1ccc2c(c1)OCCO2)c1cc2ccc3cccnc3c2[nH]1. The molecule has 1 aliphatic heterocycles. The molecule has 3 heterocycles. The third-order valence-electron chi connectivity index (χ3n) is 4.41. The Balaban J connectivity index is 1.48. The molecule has 128 valence electrons. The number of amides is 1. The number of pyridine rings is 1. The zero-order chi connectivity index (χ0) is 17.5. The van der Waals surface area contributed by atoms with Gasteiger partial charge in [-0.15, -0.1) is 0 Å². The van der Waals surface area contributed by atoms with E-state index < -0.39 is 0 Å². The van der Waals surface area contributed by atoms with Crippen LogP contribution in [0, 0.1) is 0 Å². The fourth-order valence-corrected chi connectivity index (χ4v) is 3.18. The summed E-state index contributed by atoms with van der Waals surface area (Å²) in [6.07, 6.45) is 1.75. The van der Waals surface area contributed by atoms with E-state index in [1.165, 1.54) is 0 Å². The minimum Gasteiger partial charge on any atom is -0.486 e. The number of anilines is 1. The quantitative estimate of drug-likeness (QED) is 0.580. The van der Waals surface area contributed by atoms with E-state index in [0.29, 0.717) is 36.1 Å². The molecule has 0 bridgehead atoms. The third-order valence-corrected chi connectivity index (χ3v) is 4.41. The molecule has 1 aliphatic rings.